The number of nitrogens with one attached hydrogen (secondary N) is 2. The molecule has 0 aliphatic heterocycles. The second kappa shape index (κ2) is 7.06. The highest BCUT2D eigenvalue weighted by molar-refractivity contribution is 5.78. The van der Waals surface area contributed by atoms with Crippen molar-refractivity contribution in [3.63, 3.8) is 0 Å². The van der Waals surface area contributed by atoms with E-state index < -0.39 is 0 Å². The van der Waals surface area contributed by atoms with Gasteiger partial charge in [0.15, 0.2) is 0 Å². The van der Waals surface area contributed by atoms with Crippen LogP contribution in [0.4, 0.5) is 0 Å². The van der Waals surface area contributed by atoms with Crippen LogP contribution in [0.5, 0.6) is 0 Å². The van der Waals surface area contributed by atoms with Crippen molar-refractivity contribution in [2.45, 2.75) is 46.3 Å². The number of carbonyl (C=O) groups is 1. The third-order valence-electron chi connectivity index (χ3n) is 2.28. The van der Waals surface area contributed by atoms with Crippen LogP contribution in [0, 0.1) is 0 Å². The first-order valence-electron chi connectivity index (χ1n) is 6.14. The highest BCUT2D eigenvalue weighted by Crippen LogP contribution is 1.99. The lowest BCUT2D eigenvalue weighted by Crippen LogP contribution is -2.37. The van der Waals surface area contributed by atoms with Crippen LogP contribution >= 0.6 is 0 Å². The number of aromatic nitrogens is 2. The molecule has 0 bridgehead atoms. The Morgan fingerprint density at radius 2 is 2.29 bits per heavy atom. The van der Waals surface area contributed by atoms with E-state index in [1.165, 1.54) is 0 Å². The molecule has 1 heterocycles. The number of nitrogens with zero attached hydrogens (tertiary/aromatic N) is 2. The van der Waals surface area contributed by atoms with Gasteiger partial charge < -0.3 is 10.6 Å². The third-order valence-corrected chi connectivity index (χ3v) is 2.28. The monoisotopic (exact) mass is 238 g/mol. The van der Waals surface area contributed by atoms with Gasteiger partial charge in [0, 0.05) is 25.3 Å². The Kier molecular flexibility index (Phi) is 5.69. The van der Waals surface area contributed by atoms with Gasteiger partial charge in [-0.1, -0.05) is 6.92 Å². The van der Waals surface area contributed by atoms with E-state index in [1.54, 1.807) is 6.20 Å². The Bertz CT molecular complexity index is 346. The van der Waals surface area contributed by atoms with Crippen LogP contribution in [-0.4, -0.2) is 28.3 Å². The molecule has 0 aliphatic carbocycles. The van der Waals surface area contributed by atoms with Gasteiger partial charge in [0.1, 0.15) is 0 Å². The second-order valence-corrected chi connectivity index (χ2v) is 4.37. The average Bonchev–Trinajstić information content (AvgIpc) is 2.65. The smallest absolute Gasteiger partial charge is 0.234 e. The van der Waals surface area contributed by atoms with Crippen molar-refractivity contribution in [3.8, 4) is 0 Å². The first-order chi connectivity index (χ1) is 8.13. The minimum atomic E-state index is 0.0292. The van der Waals surface area contributed by atoms with Gasteiger partial charge in [-0.15, -0.1) is 0 Å². The molecule has 17 heavy (non-hydrogen) atoms. The standard InChI is InChI=1S/C12H22N4O/c1-4-7-16-11(5-6-14-16)8-13-9-12(17)15-10(2)3/h5-6,10,13H,4,7-9H2,1-3H3,(H,15,17). The molecule has 0 radical (unpaired) electrons. The van der Waals surface area contributed by atoms with E-state index in [4.69, 9.17) is 0 Å². The van der Waals surface area contributed by atoms with E-state index >= 15 is 0 Å². The first kappa shape index (κ1) is 13.7. The number of hydrogen-bond donors (Lipinski definition) is 2. The number of carbonyl (C=O) groups excluding carboxylic acids is 1. The molecule has 1 rings (SSSR count). The number of hydrogen-bond acceptors (Lipinski definition) is 3. The zero-order chi connectivity index (χ0) is 12.7. The van der Waals surface area contributed by atoms with E-state index in [0.29, 0.717) is 13.1 Å². The Labute approximate surface area is 103 Å². The molecule has 1 amide bonds. The molecule has 96 valence electrons. The van der Waals surface area contributed by atoms with E-state index in [2.05, 4.69) is 22.7 Å². The summed E-state index contributed by atoms with van der Waals surface area (Å²) in [5.74, 6) is 0.0292. The van der Waals surface area contributed by atoms with Gasteiger partial charge >= 0.3 is 0 Å². The van der Waals surface area contributed by atoms with Crippen molar-refractivity contribution >= 4 is 5.91 Å². The van der Waals surface area contributed by atoms with Crippen LogP contribution in [0.1, 0.15) is 32.9 Å². The molecule has 1 aromatic rings. The quantitative estimate of drug-likeness (QED) is 0.742. The highest BCUT2D eigenvalue weighted by Gasteiger charge is 2.04. The van der Waals surface area contributed by atoms with E-state index in [0.717, 1.165) is 18.7 Å². The van der Waals surface area contributed by atoms with Gasteiger partial charge in [0.25, 0.3) is 0 Å². The predicted octanol–water partition coefficient (Wildman–Crippen LogP) is 0.907. The average molecular weight is 238 g/mol. The summed E-state index contributed by atoms with van der Waals surface area (Å²) in [6.45, 7) is 7.96. The summed E-state index contributed by atoms with van der Waals surface area (Å²) in [7, 11) is 0. The maximum absolute atomic E-state index is 11.4. The molecule has 0 fully saturated rings. The molecule has 0 saturated carbocycles. The number of aryl methyl sites for hydroxylation is 1. The van der Waals surface area contributed by atoms with Crippen molar-refractivity contribution in [1.82, 2.24) is 20.4 Å². The summed E-state index contributed by atoms with van der Waals surface area (Å²) in [5.41, 5.74) is 1.11. The van der Waals surface area contributed by atoms with E-state index in [9.17, 15) is 4.79 Å². The summed E-state index contributed by atoms with van der Waals surface area (Å²) >= 11 is 0. The Balaban J connectivity index is 2.30. The van der Waals surface area contributed by atoms with Crippen LogP contribution in [0.25, 0.3) is 0 Å². The van der Waals surface area contributed by atoms with Gasteiger partial charge in [-0.2, -0.15) is 5.10 Å². The third kappa shape index (κ3) is 4.99. The van der Waals surface area contributed by atoms with Gasteiger partial charge in [-0.25, -0.2) is 0 Å². The van der Waals surface area contributed by atoms with Gasteiger partial charge in [-0.3, -0.25) is 9.48 Å². The first-order valence-corrected chi connectivity index (χ1v) is 6.14. The summed E-state index contributed by atoms with van der Waals surface area (Å²) in [4.78, 5) is 11.4. The predicted molar refractivity (Wildman–Crippen MR) is 67.5 cm³/mol. The Morgan fingerprint density at radius 1 is 1.53 bits per heavy atom. The summed E-state index contributed by atoms with van der Waals surface area (Å²) in [5, 5.41) is 10.2. The molecule has 2 N–H and O–H groups in total. The van der Waals surface area contributed by atoms with E-state index in [1.807, 2.05) is 24.6 Å². The highest BCUT2D eigenvalue weighted by atomic mass is 16.1. The van der Waals surface area contributed by atoms with Crippen molar-refractivity contribution in [1.29, 1.82) is 0 Å². The minimum absolute atomic E-state index is 0.0292. The molecule has 1 aromatic heterocycles. The van der Waals surface area contributed by atoms with Crippen molar-refractivity contribution in [2.24, 2.45) is 0 Å². The summed E-state index contributed by atoms with van der Waals surface area (Å²) < 4.78 is 1.97. The van der Waals surface area contributed by atoms with Crippen molar-refractivity contribution < 1.29 is 4.79 Å². The van der Waals surface area contributed by atoms with Crippen LogP contribution in [0.3, 0.4) is 0 Å². The second-order valence-electron chi connectivity index (χ2n) is 4.37. The molecule has 0 unspecified atom stereocenters. The largest absolute Gasteiger partial charge is 0.353 e. The summed E-state index contributed by atoms with van der Waals surface area (Å²) in [6, 6.07) is 2.16. The molecule has 0 atom stereocenters. The zero-order valence-electron chi connectivity index (χ0n) is 10.9. The van der Waals surface area contributed by atoms with Crippen LogP contribution in [-0.2, 0) is 17.9 Å². The topological polar surface area (TPSA) is 59.0 Å². The Morgan fingerprint density at radius 3 is 2.94 bits per heavy atom. The molecule has 0 saturated heterocycles. The van der Waals surface area contributed by atoms with Crippen LogP contribution < -0.4 is 10.6 Å². The zero-order valence-corrected chi connectivity index (χ0v) is 10.9. The number of amides is 1. The van der Waals surface area contributed by atoms with Crippen LogP contribution in [0.2, 0.25) is 0 Å². The van der Waals surface area contributed by atoms with Gasteiger partial charge in [0.05, 0.1) is 12.2 Å². The molecule has 0 aliphatic rings. The minimum Gasteiger partial charge on any atom is -0.353 e. The Hall–Kier alpha value is -1.36. The fourth-order valence-corrected chi connectivity index (χ4v) is 1.60. The maximum atomic E-state index is 11.4. The molecule has 0 spiro atoms. The lowest BCUT2D eigenvalue weighted by Gasteiger charge is -2.10. The molecular formula is C12H22N4O. The maximum Gasteiger partial charge on any atom is 0.234 e. The lowest BCUT2D eigenvalue weighted by molar-refractivity contribution is -0.120. The molecule has 5 nitrogen and oxygen atoms in total. The van der Waals surface area contributed by atoms with E-state index in [-0.39, 0.29) is 11.9 Å². The summed E-state index contributed by atoms with van der Waals surface area (Å²) in [6.07, 6.45) is 2.85. The normalized spacial score (nSPS) is 10.8. The fraction of sp³-hybridized carbons (Fsp3) is 0.667. The van der Waals surface area contributed by atoms with Crippen LogP contribution in [0.15, 0.2) is 12.3 Å². The van der Waals surface area contributed by atoms with Crippen molar-refractivity contribution in [2.75, 3.05) is 6.54 Å². The van der Waals surface area contributed by atoms with Gasteiger partial charge in [0.2, 0.25) is 5.91 Å². The molecule has 5 heteroatoms. The molecule has 0 aromatic carbocycles. The lowest BCUT2D eigenvalue weighted by atomic mass is 10.3. The molecular weight excluding hydrogens is 216 g/mol. The SMILES string of the molecule is CCCn1nccc1CNCC(=O)NC(C)C. The van der Waals surface area contributed by atoms with Crippen molar-refractivity contribution in [3.05, 3.63) is 18.0 Å². The fourth-order valence-electron chi connectivity index (χ4n) is 1.60. The number of rotatable bonds is 7. The van der Waals surface area contributed by atoms with Gasteiger partial charge in [-0.05, 0) is 26.3 Å².